The smallest absolute Gasteiger partial charge is 0.373 e. The van der Waals surface area contributed by atoms with Crippen molar-refractivity contribution in [2.45, 2.75) is 278 Å². The van der Waals surface area contributed by atoms with Crippen LogP contribution in [-0.4, -0.2) is 120 Å². The van der Waals surface area contributed by atoms with Gasteiger partial charge in [0.15, 0.2) is 17.1 Å². The van der Waals surface area contributed by atoms with Gasteiger partial charge in [-0.1, -0.05) is 171 Å². The van der Waals surface area contributed by atoms with E-state index in [-0.39, 0.29) is 93.4 Å². The van der Waals surface area contributed by atoms with Crippen molar-refractivity contribution in [3.63, 3.8) is 0 Å². The Morgan fingerprint density at radius 2 is 0.718 bits per heavy atom. The van der Waals surface area contributed by atoms with Gasteiger partial charge in [0.05, 0.1) is 110 Å². The largest absolute Gasteiger partial charge is 0.392 e. The molecule has 15 aromatic rings. The summed E-state index contributed by atoms with van der Waals surface area (Å²) in [5, 5.41) is 40.9. The Morgan fingerprint density at radius 1 is 0.403 bits per heavy atom. The summed E-state index contributed by atoms with van der Waals surface area (Å²) in [6, 6.07) is 48.3. The number of benzene rings is 8. The van der Waals surface area contributed by atoms with Crippen LogP contribution >= 0.6 is 0 Å². The molecule has 7 heterocycles. The zero-order chi connectivity index (χ0) is 109. The number of rotatable bonds is 21. The van der Waals surface area contributed by atoms with Crippen LogP contribution in [0.5, 0.6) is 0 Å². The molecule has 0 spiro atoms. The third-order valence-corrected chi connectivity index (χ3v) is 24.4. The fourth-order valence-corrected chi connectivity index (χ4v) is 17.3. The molecule has 18 rings (SSSR count). The second kappa shape index (κ2) is 47.4. The summed E-state index contributed by atoms with van der Waals surface area (Å²) in [6.07, 6.45) is 12.9. The highest BCUT2D eigenvalue weighted by atomic mass is 19.1. The third-order valence-electron chi connectivity index (χ3n) is 24.4. The molecule has 3 aliphatic carbocycles. The number of aliphatic hydroxyl groups excluding tert-OH is 1. The van der Waals surface area contributed by atoms with Crippen LogP contribution in [0.15, 0.2) is 168 Å². The maximum Gasteiger partial charge on any atom is 0.373 e. The van der Waals surface area contributed by atoms with E-state index in [0.29, 0.717) is 159 Å². The number of hydrogen-bond donors (Lipinski definition) is 8. The van der Waals surface area contributed by atoms with Crippen LogP contribution in [0.1, 0.15) is 274 Å². The van der Waals surface area contributed by atoms with Gasteiger partial charge >= 0.3 is 6.15 Å². The van der Waals surface area contributed by atoms with Crippen molar-refractivity contribution >= 4 is 161 Å². The number of fused-ring (bicyclic) bond motifs is 6. The first-order valence-electron chi connectivity index (χ1n) is 50.0. The van der Waals surface area contributed by atoms with E-state index in [1.807, 2.05) is 99.6 Å². The highest BCUT2D eigenvalue weighted by Crippen LogP contribution is 2.44. The number of nitrogens with zero attached hydrogens (tertiary/aromatic N) is 16. The Labute approximate surface area is 866 Å². The Morgan fingerprint density at radius 3 is 1.06 bits per heavy atom. The van der Waals surface area contributed by atoms with Crippen LogP contribution in [0, 0.1) is 72.3 Å². The van der Waals surface area contributed by atoms with Gasteiger partial charge < -0.3 is 28.4 Å². The lowest BCUT2D eigenvalue weighted by molar-refractivity contribution is -0.192. The van der Waals surface area contributed by atoms with Gasteiger partial charge in [0, 0.05) is 73.2 Å². The first kappa shape index (κ1) is 112. The Balaban J connectivity index is 0.000000158. The molecule has 8 N–H and O–H groups in total. The number of carbonyl (C=O) groups is 6. The topological polar surface area (TPSA) is 395 Å². The van der Waals surface area contributed by atoms with Crippen LogP contribution < -0.4 is 31.9 Å². The minimum atomic E-state index is -1.16. The number of halogens is 2. The molecule has 0 atom stereocenters. The van der Waals surface area contributed by atoms with Gasteiger partial charge in [-0.25, -0.2) is 57.8 Å². The highest BCUT2D eigenvalue weighted by Gasteiger charge is 2.34. The number of nitrogens with one attached hydrogen (secondary N) is 6. The summed E-state index contributed by atoms with van der Waals surface area (Å²) < 4.78 is 43.6. The number of aryl methyl sites for hydroxylation is 2. The quantitative estimate of drug-likeness (QED) is 0.0310. The first-order valence-corrected chi connectivity index (χ1v) is 50.0. The molecule has 33 nitrogen and oxygen atoms in total. The number of anilines is 6. The van der Waals surface area contributed by atoms with Crippen LogP contribution in [0.2, 0.25) is 0 Å². The van der Waals surface area contributed by atoms with Crippen LogP contribution in [0.25, 0.3) is 98.0 Å². The lowest BCUT2D eigenvalue weighted by atomic mass is 9.92. The molecule has 3 saturated carbocycles. The molecule has 780 valence electrons. The van der Waals surface area contributed by atoms with E-state index in [2.05, 4.69) is 177 Å². The van der Waals surface area contributed by atoms with Crippen molar-refractivity contribution in [2.75, 3.05) is 31.9 Å². The number of imidazole rings is 6. The second-order valence-electron chi connectivity index (χ2n) is 44.9. The van der Waals surface area contributed by atoms with Gasteiger partial charge in [-0.05, 0) is 239 Å². The highest BCUT2D eigenvalue weighted by molar-refractivity contribution is 5.99. The van der Waals surface area contributed by atoms with Gasteiger partial charge in [0.25, 0.3) is 0 Å². The zero-order valence-electron chi connectivity index (χ0n) is 88.7. The maximum atomic E-state index is 13.3. The number of para-hydroxylation sites is 2. The van der Waals surface area contributed by atoms with Crippen molar-refractivity contribution in [3.8, 4) is 17.3 Å². The molecule has 6 amide bonds. The summed E-state index contributed by atoms with van der Waals surface area (Å²) in [7, 11) is 0. The van der Waals surface area contributed by atoms with E-state index in [0.717, 1.165) is 46.0 Å². The number of amides is 6. The molecule has 35 heteroatoms. The minimum Gasteiger partial charge on any atom is -0.392 e. The molecular formula is C114H134F2N22O11. The molecule has 0 aliphatic heterocycles. The molecule has 149 heavy (non-hydrogen) atoms. The van der Waals surface area contributed by atoms with Gasteiger partial charge in [-0.3, -0.25) is 69.8 Å². The Hall–Kier alpha value is -15.8. The van der Waals surface area contributed by atoms with Gasteiger partial charge in [0.2, 0.25) is 77.0 Å². The summed E-state index contributed by atoms with van der Waals surface area (Å²) in [5.41, 5.74) is 15.1. The van der Waals surface area contributed by atoms with E-state index in [4.69, 9.17) is 38.8 Å². The predicted octanol–water partition coefficient (Wildman–Crippen LogP) is 25.9. The summed E-state index contributed by atoms with van der Waals surface area (Å²) in [4.78, 5) is 128. The normalized spacial score (nSPS) is 13.2. The molecule has 3 fully saturated rings. The van der Waals surface area contributed by atoms with E-state index in [9.17, 15) is 47.8 Å². The first-order chi connectivity index (χ1) is 70.2. The van der Waals surface area contributed by atoms with Crippen molar-refractivity contribution < 1.29 is 61.9 Å². The van der Waals surface area contributed by atoms with E-state index < -0.39 is 11.5 Å². The fourth-order valence-electron chi connectivity index (χ4n) is 17.3. The van der Waals surface area contributed by atoms with Gasteiger partial charge in [-0.2, -0.15) is 9.59 Å². The van der Waals surface area contributed by atoms with E-state index in [1.165, 1.54) is 99.7 Å². The summed E-state index contributed by atoms with van der Waals surface area (Å²) >= 11 is 0. The van der Waals surface area contributed by atoms with E-state index >= 15 is 0 Å². The molecule has 0 radical (unpaired) electrons. The van der Waals surface area contributed by atoms with Crippen molar-refractivity contribution in [2.24, 2.45) is 27.1 Å². The fraction of sp³-hybridized carbons (Fsp3) is 0.412. The summed E-state index contributed by atoms with van der Waals surface area (Å²) in [6.45, 7) is 63.6. The number of carbonyl (C=O) groups excluding carboxylic acids is 8. The monoisotopic (exact) mass is 2030 g/mol. The van der Waals surface area contributed by atoms with Crippen molar-refractivity contribution in [3.05, 3.63) is 232 Å². The lowest BCUT2D eigenvalue weighted by Gasteiger charge is -2.29. The van der Waals surface area contributed by atoms with E-state index in [1.54, 1.807) is 98.6 Å². The van der Waals surface area contributed by atoms with Crippen LogP contribution in [-0.2, 0) is 45.0 Å². The van der Waals surface area contributed by atoms with Gasteiger partial charge in [0.1, 0.15) is 11.6 Å². The SMILES string of the molecule is CC(C)(C)CC(=O)Nc1nc2cccc(CO)c2n1C1CCC1.CC(C)c1ccc2nc(NC(=O)CC(C)(C)C)n(C3CCC3)c2c1.Cc1cccc2nc(NC(=O)CC(C)(C)C)n(C3CCC3)c12.O=C=O.[C-]#[N+]c1ccc2nc(NC(=O)CC(C)(C)C)n(-c3cc(C)no3)c2c1.[C-]#[N+]c1ccc2nc(NC(=O)CC(C)(C)C)n(-c3ccc(F)cc3)c2c1.[C-]#[N+]c1ccc2nc(NC(=O)CC(C)(C)O)n(-c3ccc(F)cc3)c2c1. The molecule has 0 unspecified atom stereocenters. The molecule has 0 bridgehead atoms. The average Bonchev–Trinajstić information content (AvgIpc) is 1.61. The van der Waals surface area contributed by atoms with Crippen LogP contribution in [0.3, 0.4) is 0 Å². The Bertz CT molecular complexity index is 7390. The number of aromatic nitrogens is 13. The number of aliphatic hydroxyl groups is 2. The third kappa shape index (κ3) is 30.0. The molecule has 8 aromatic carbocycles. The van der Waals surface area contributed by atoms with Crippen molar-refractivity contribution in [1.82, 2.24) is 62.5 Å². The number of hydrogen-bond acceptors (Lipinski definition) is 18. The minimum absolute atomic E-state index is 0.0149. The maximum absolute atomic E-state index is 13.3. The second-order valence-corrected chi connectivity index (χ2v) is 44.9. The summed E-state index contributed by atoms with van der Waals surface area (Å²) in [5.74, 6) is 2.55. The molecule has 0 saturated heterocycles. The zero-order valence-corrected chi connectivity index (χ0v) is 88.7. The van der Waals surface area contributed by atoms with Crippen LogP contribution in [0.4, 0.5) is 61.5 Å². The predicted molar refractivity (Wildman–Crippen MR) is 577 cm³/mol. The van der Waals surface area contributed by atoms with Gasteiger partial charge in [-0.15, -0.1) is 0 Å². The molecular weight excluding hydrogens is 1890 g/mol. The lowest BCUT2D eigenvalue weighted by Crippen LogP contribution is -2.28. The molecule has 3 aliphatic rings. The Kier molecular flexibility index (Phi) is 35.6. The molecule has 7 aromatic heterocycles. The van der Waals surface area contributed by atoms with Crippen molar-refractivity contribution in [1.29, 1.82) is 0 Å². The average molecular weight is 2030 g/mol. The standard InChI is InChI=1S/C20H19FN4O.C20H29N3O.C19H17FN4O2.C18H19N5O2.C18H25N3O2.C18H25N3O.CO2/c1-20(2,3)12-18(26)24-19-23-16-10-7-14(22-4)11-17(16)25(19)15-8-5-13(21)6-9-15;1-13(2)14-9-10-16-17(11-14)23(15-7-6-8-15)19(21-16)22-18(24)12-20(3,4)5;1-19(2,26)11-17(25)23-18-22-15-9-6-13(21-3)10-16(15)24(18)14-7-4-12(20)5-8-14;1-11-8-16(25-22-11)23-14-9-12(19-5)6-7-13(14)20-17(23)21-15(24)10-18(2,3)4;1-18(2,3)10-15(23)20-17-19-14-9-4-6-12(11-22)16(14)21(17)13-7-5-8-13;1-12-7-5-10-14-16(12)21(13-8-6-9-13)17(19-14)20-15(22)11-18(2,3)4;2-1-3/h5-11H,12H2,1-3H3,(H,23,24,26);9-11,13,15H,6-8,12H2,1-5H3,(H,21,22,24);4-10,26H,11H2,1-2H3,(H,22,23,25);6-9H,10H2,1-4H3,(H,20,21,24);4,6,9,13,22H,5,7-8,10-11H2,1-3H3,(H,19,20,23);5,7,10,13H,6,8-9,11H2,1-4H3,(H,19,20,22);.